The first-order chi connectivity index (χ1) is 12.2. The Morgan fingerprint density at radius 1 is 0.880 bits per heavy atom. The van der Waals surface area contributed by atoms with Gasteiger partial charge in [-0.25, -0.2) is 0 Å². The summed E-state index contributed by atoms with van der Waals surface area (Å²) in [4.78, 5) is 0. The van der Waals surface area contributed by atoms with Gasteiger partial charge < -0.3 is 5.11 Å². The number of benzene rings is 3. The molecule has 0 bridgehead atoms. The summed E-state index contributed by atoms with van der Waals surface area (Å²) in [5.41, 5.74) is 4.84. The summed E-state index contributed by atoms with van der Waals surface area (Å²) in [6.07, 6.45) is 0. The Labute approximate surface area is 150 Å². The van der Waals surface area contributed by atoms with Crippen molar-refractivity contribution in [2.45, 2.75) is 0 Å². The van der Waals surface area contributed by atoms with Crippen LogP contribution >= 0.6 is 11.6 Å². The molecule has 0 aliphatic heterocycles. The average molecular weight is 351 g/mol. The summed E-state index contributed by atoms with van der Waals surface area (Å²) < 4.78 is 0. The van der Waals surface area contributed by atoms with Crippen LogP contribution in [-0.4, -0.2) is 10.9 Å². The number of hydrazone groups is 1. The number of phenols is 1. The summed E-state index contributed by atoms with van der Waals surface area (Å²) in [7, 11) is 0. The normalized spacial score (nSPS) is 11.6. The fraction of sp³-hybridized carbons (Fsp3) is 0. The molecule has 2 N–H and O–H groups in total. The highest BCUT2D eigenvalue weighted by molar-refractivity contribution is 6.30. The number of nitrogens with zero attached hydrogens (tertiary/aromatic N) is 3. The van der Waals surface area contributed by atoms with E-state index in [1.807, 2.05) is 60.7 Å². The Hall–Kier alpha value is -3.18. The largest absolute Gasteiger partial charge is 0.506 e. The number of phenolic OH excluding ortho intramolecular Hbond substituents is 1. The summed E-state index contributed by atoms with van der Waals surface area (Å²) in [6.45, 7) is 0. The fourth-order valence-electron chi connectivity index (χ4n) is 2.04. The molecular formula is C19H15ClN4O. The summed E-state index contributed by atoms with van der Waals surface area (Å²) in [5, 5.41) is 22.9. The molecule has 0 amide bonds. The molecular weight excluding hydrogens is 336 g/mol. The number of azo groups is 1. The highest BCUT2D eigenvalue weighted by Crippen LogP contribution is 2.29. The van der Waals surface area contributed by atoms with Crippen LogP contribution in [0.5, 0.6) is 5.75 Å². The van der Waals surface area contributed by atoms with E-state index in [-0.39, 0.29) is 11.4 Å². The van der Waals surface area contributed by atoms with Crippen molar-refractivity contribution in [2.75, 3.05) is 5.43 Å². The molecule has 0 saturated carbocycles. The number of aromatic hydroxyl groups is 1. The Morgan fingerprint density at radius 3 is 2.28 bits per heavy atom. The lowest BCUT2D eigenvalue weighted by Gasteiger charge is -2.03. The van der Waals surface area contributed by atoms with Gasteiger partial charge in [0.2, 0.25) is 5.84 Å². The standard InChI is InChI=1S/C19H15ClN4O/c20-15-11-12-18(25)17(13-15)22-24-19(14-7-3-1-4-8-14)23-21-16-9-5-2-6-10-16/h1-13,21,25H/b23-19+,24-22?. The van der Waals surface area contributed by atoms with E-state index >= 15 is 0 Å². The third-order valence-electron chi connectivity index (χ3n) is 3.29. The van der Waals surface area contributed by atoms with Crippen molar-refractivity contribution < 1.29 is 5.11 Å². The number of rotatable bonds is 4. The van der Waals surface area contributed by atoms with Crippen LogP contribution in [0.3, 0.4) is 0 Å². The van der Waals surface area contributed by atoms with Crippen molar-refractivity contribution in [3.05, 3.63) is 89.4 Å². The molecule has 0 unspecified atom stereocenters. The predicted molar refractivity (Wildman–Crippen MR) is 101 cm³/mol. The lowest BCUT2D eigenvalue weighted by Crippen LogP contribution is -2.00. The number of para-hydroxylation sites is 1. The number of amidine groups is 1. The van der Waals surface area contributed by atoms with E-state index in [0.29, 0.717) is 10.9 Å². The van der Waals surface area contributed by atoms with E-state index < -0.39 is 0 Å². The molecule has 0 aliphatic carbocycles. The second-order valence-electron chi connectivity index (χ2n) is 5.11. The van der Waals surface area contributed by atoms with Crippen molar-refractivity contribution >= 4 is 28.8 Å². The van der Waals surface area contributed by atoms with Gasteiger partial charge in [0.05, 0.1) is 5.69 Å². The number of halogens is 1. The van der Waals surface area contributed by atoms with Gasteiger partial charge in [-0.05, 0) is 30.3 Å². The monoisotopic (exact) mass is 350 g/mol. The van der Waals surface area contributed by atoms with E-state index in [2.05, 4.69) is 20.8 Å². The van der Waals surface area contributed by atoms with Crippen molar-refractivity contribution in [3.63, 3.8) is 0 Å². The molecule has 5 nitrogen and oxygen atoms in total. The second kappa shape index (κ2) is 8.08. The number of hydrogen-bond acceptors (Lipinski definition) is 4. The van der Waals surface area contributed by atoms with Crippen LogP contribution in [0, 0.1) is 0 Å². The molecule has 6 heteroatoms. The van der Waals surface area contributed by atoms with E-state index in [4.69, 9.17) is 11.6 Å². The third-order valence-corrected chi connectivity index (χ3v) is 3.52. The van der Waals surface area contributed by atoms with Gasteiger partial charge in [-0.3, -0.25) is 5.43 Å². The molecule has 0 saturated heterocycles. The number of nitrogens with one attached hydrogen (secondary N) is 1. The van der Waals surface area contributed by atoms with Crippen molar-refractivity contribution in [3.8, 4) is 5.75 Å². The molecule has 0 aromatic heterocycles. The molecule has 3 rings (SSSR count). The van der Waals surface area contributed by atoms with Crippen LogP contribution in [0.1, 0.15) is 5.56 Å². The van der Waals surface area contributed by atoms with Crippen molar-refractivity contribution in [1.82, 2.24) is 0 Å². The molecule has 0 aliphatic rings. The van der Waals surface area contributed by atoms with Crippen LogP contribution < -0.4 is 5.43 Å². The van der Waals surface area contributed by atoms with Gasteiger partial charge in [0.1, 0.15) is 11.4 Å². The Balaban J connectivity index is 1.91. The minimum atomic E-state index is -0.00317. The molecule has 0 spiro atoms. The van der Waals surface area contributed by atoms with Gasteiger partial charge in [-0.15, -0.1) is 10.2 Å². The Bertz CT molecular complexity index is 896. The molecule has 0 radical (unpaired) electrons. The second-order valence-corrected chi connectivity index (χ2v) is 5.55. The van der Waals surface area contributed by atoms with Crippen LogP contribution in [0.25, 0.3) is 0 Å². The first-order valence-electron chi connectivity index (χ1n) is 7.57. The summed E-state index contributed by atoms with van der Waals surface area (Å²) in [5.74, 6) is 0.375. The summed E-state index contributed by atoms with van der Waals surface area (Å²) in [6, 6.07) is 23.6. The van der Waals surface area contributed by atoms with Gasteiger partial charge in [0.15, 0.2) is 0 Å². The van der Waals surface area contributed by atoms with Crippen molar-refractivity contribution in [2.24, 2.45) is 15.3 Å². The van der Waals surface area contributed by atoms with Crippen LogP contribution in [0.2, 0.25) is 5.02 Å². The van der Waals surface area contributed by atoms with E-state index in [0.717, 1.165) is 11.3 Å². The highest BCUT2D eigenvalue weighted by atomic mass is 35.5. The predicted octanol–water partition coefficient (Wildman–Crippen LogP) is 5.60. The molecule has 3 aromatic rings. The Kier molecular flexibility index (Phi) is 5.39. The first kappa shape index (κ1) is 16.7. The molecule has 124 valence electrons. The van der Waals surface area contributed by atoms with E-state index in [1.54, 1.807) is 6.07 Å². The molecule has 0 atom stereocenters. The van der Waals surface area contributed by atoms with Crippen LogP contribution in [0.15, 0.2) is 94.2 Å². The maximum atomic E-state index is 9.86. The molecule has 0 fully saturated rings. The van der Waals surface area contributed by atoms with Crippen LogP contribution in [0.4, 0.5) is 11.4 Å². The van der Waals surface area contributed by atoms with Gasteiger partial charge in [0, 0.05) is 10.6 Å². The minimum Gasteiger partial charge on any atom is -0.506 e. The van der Waals surface area contributed by atoms with Gasteiger partial charge >= 0.3 is 0 Å². The van der Waals surface area contributed by atoms with E-state index in [9.17, 15) is 5.11 Å². The van der Waals surface area contributed by atoms with Crippen LogP contribution in [-0.2, 0) is 0 Å². The number of hydrogen-bond donors (Lipinski definition) is 2. The zero-order chi connectivity index (χ0) is 17.5. The highest BCUT2D eigenvalue weighted by Gasteiger charge is 2.05. The van der Waals surface area contributed by atoms with Gasteiger partial charge in [-0.2, -0.15) is 5.10 Å². The zero-order valence-corrected chi connectivity index (χ0v) is 13.9. The quantitative estimate of drug-likeness (QED) is 0.278. The third kappa shape index (κ3) is 4.65. The minimum absolute atomic E-state index is 0.00317. The zero-order valence-electron chi connectivity index (χ0n) is 13.2. The maximum absolute atomic E-state index is 9.86. The molecule has 25 heavy (non-hydrogen) atoms. The fourth-order valence-corrected chi connectivity index (χ4v) is 2.21. The van der Waals surface area contributed by atoms with E-state index in [1.165, 1.54) is 12.1 Å². The van der Waals surface area contributed by atoms with Gasteiger partial charge in [-0.1, -0.05) is 60.1 Å². The van der Waals surface area contributed by atoms with Gasteiger partial charge in [0.25, 0.3) is 0 Å². The number of anilines is 1. The summed E-state index contributed by atoms with van der Waals surface area (Å²) >= 11 is 5.93. The maximum Gasteiger partial charge on any atom is 0.201 e. The SMILES string of the molecule is Oc1ccc(Cl)cc1N=N/C(=N/Nc1ccccc1)c1ccccc1. The molecule has 0 heterocycles. The lowest BCUT2D eigenvalue weighted by molar-refractivity contribution is 0.476. The average Bonchev–Trinajstić information content (AvgIpc) is 2.66. The smallest absolute Gasteiger partial charge is 0.201 e. The first-order valence-corrected chi connectivity index (χ1v) is 7.94. The molecule has 3 aromatic carbocycles. The Morgan fingerprint density at radius 2 is 1.56 bits per heavy atom. The topological polar surface area (TPSA) is 69.3 Å². The lowest BCUT2D eigenvalue weighted by atomic mass is 10.2. The van der Waals surface area contributed by atoms with Crippen molar-refractivity contribution in [1.29, 1.82) is 0 Å².